The number of aliphatic hydroxyl groups is 1. The minimum Gasteiger partial charge on any atom is -0.479 e. The second kappa shape index (κ2) is 7.00. The first-order chi connectivity index (χ1) is 12.0. The van der Waals surface area contributed by atoms with E-state index in [4.69, 9.17) is 5.11 Å². The molecule has 0 aliphatic rings. The molecule has 0 aliphatic carbocycles. The number of nitrogens with zero attached hydrogens (tertiary/aromatic N) is 3. The van der Waals surface area contributed by atoms with Crippen LogP contribution in [0.3, 0.4) is 0 Å². The maximum atomic E-state index is 13.0. The Bertz CT molecular complexity index is 819. The number of carboxylic acids is 1. The smallest absolute Gasteiger partial charge is 0.420 e. The van der Waals surface area contributed by atoms with Crippen LogP contribution in [0.5, 0.6) is 0 Å². The summed E-state index contributed by atoms with van der Waals surface area (Å²) in [6.45, 7) is 0.400. The van der Waals surface area contributed by atoms with Gasteiger partial charge in [-0.2, -0.15) is 13.2 Å². The third kappa shape index (κ3) is 4.47. The Morgan fingerprint density at radius 3 is 2.62 bits per heavy atom. The zero-order valence-electron chi connectivity index (χ0n) is 13.3. The number of hydrogen-bond acceptors (Lipinski definition) is 5. The van der Waals surface area contributed by atoms with Gasteiger partial charge >= 0.3 is 18.2 Å². The van der Waals surface area contributed by atoms with Gasteiger partial charge in [-0.05, 0) is 19.1 Å². The third-order valence-electron chi connectivity index (χ3n) is 3.19. The van der Waals surface area contributed by atoms with Crippen molar-refractivity contribution in [2.75, 3.05) is 11.9 Å². The van der Waals surface area contributed by atoms with Gasteiger partial charge in [-0.1, -0.05) is 0 Å². The molecule has 0 fully saturated rings. The van der Waals surface area contributed by atoms with E-state index in [1.807, 2.05) is 0 Å². The number of hydrogen-bond donors (Lipinski definition) is 4. The van der Waals surface area contributed by atoms with Crippen molar-refractivity contribution in [3.05, 3.63) is 36.2 Å². The molecule has 0 radical (unpaired) electrons. The number of alkyl halides is 3. The second-order valence-corrected chi connectivity index (χ2v) is 5.40. The minimum absolute atomic E-state index is 0.101. The highest BCUT2D eigenvalue weighted by Gasteiger charge is 2.35. The van der Waals surface area contributed by atoms with Gasteiger partial charge in [0.2, 0.25) is 0 Å². The molecule has 0 saturated heterocycles. The summed E-state index contributed by atoms with van der Waals surface area (Å²) in [5.41, 5.74) is -3.18. The van der Waals surface area contributed by atoms with E-state index in [-0.39, 0.29) is 5.82 Å². The number of carbonyl (C=O) groups is 2. The van der Waals surface area contributed by atoms with Crippen LogP contribution in [0, 0.1) is 0 Å². The quantitative estimate of drug-likeness (QED) is 0.624. The molecule has 12 heteroatoms. The average Bonchev–Trinajstić information content (AvgIpc) is 3.00. The highest BCUT2D eigenvalue weighted by molar-refractivity contribution is 5.89. The van der Waals surface area contributed by atoms with E-state index < -0.39 is 41.7 Å². The first kappa shape index (κ1) is 19.2. The number of carbonyl (C=O) groups excluding carboxylic acids is 1. The molecule has 0 bridgehead atoms. The lowest BCUT2D eigenvalue weighted by atomic mass is 10.1. The molecular formula is C14H14F3N5O4. The fraction of sp³-hybridized carbons (Fsp3) is 0.286. The van der Waals surface area contributed by atoms with E-state index in [0.29, 0.717) is 0 Å². The summed E-state index contributed by atoms with van der Waals surface area (Å²) >= 11 is 0. The van der Waals surface area contributed by atoms with Gasteiger partial charge in [-0.3, -0.25) is 5.32 Å². The third-order valence-corrected chi connectivity index (χ3v) is 3.19. The van der Waals surface area contributed by atoms with Gasteiger partial charge in [-0.15, -0.1) is 5.10 Å². The Morgan fingerprint density at radius 2 is 2.00 bits per heavy atom. The molecule has 2 aromatic rings. The Labute approximate surface area is 144 Å². The zero-order valence-corrected chi connectivity index (χ0v) is 13.3. The molecule has 1 unspecified atom stereocenters. The first-order valence-electron chi connectivity index (χ1n) is 7.09. The maximum absolute atomic E-state index is 13.0. The number of urea groups is 1. The van der Waals surface area contributed by atoms with E-state index in [1.54, 1.807) is 0 Å². The normalized spacial score (nSPS) is 13.7. The van der Waals surface area contributed by atoms with Crippen molar-refractivity contribution in [2.45, 2.75) is 18.7 Å². The number of pyridine rings is 1. The number of aromatic nitrogens is 3. The van der Waals surface area contributed by atoms with Crippen molar-refractivity contribution < 1.29 is 33.0 Å². The molecular weight excluding hydrogens is 359 g/mol. The predicted molar refractivity (Wildman–Crippen MR) is 81.6 cm³/mol. The van der Waals surface area contributed by atoms with Crippen LogP contribution >= 0.6 is 0 Å². The molecule has 2 amide bonds. The van der Waals surface area contributed by atoms with Crippen LogP contribution in [-0.2, 0) is 11.0 Å². The van der Waals surface area contributed by atoms with Crippen molar-refractivity contribution in [3.63, 3.8) is 0 Å². The van der Waals surface area contributed by atoms with E-state index in [2.05, 4.69) is 20.7 Å². The minimum atomic E-state index is -4.64. The van der Waals surface area contributed by atoms with Gasteiger partial charge < -0.3 is 15.5 Å². The summed E-state index contributed by atoms with van der Waals surface area (Å²) in [6.07, 6.45) is -2.30. The van der Waals surface area contributed by atoms with Crippen LogP contribution in [0.25, 0.3) is 5.82 Å². The highest BCUT2D eigenvalue weighted by Crippen LogP contribution is 2.32. The fourth-order valence-electron chi connectivity index (χ4n) is 1.80. The lowest BCUT2D eigenvalue weighted by molar-refractivity contribution is -0.155. The average molecular weight is 373 g/mol. The summed E-state index contributed by atoms with van der Waals surface area (Å²) in [6, 6.07) is 2.31. The number of rotatable bonds is 5. The standard InChI is InChI=1S/C14H14F3N5O4/c1-13(26,11(23)24)7-19-12(25)20-9-4-6-22(21-9)10-8(14(15,16)17)3-2-5-18-10/h2-6,26H,7H2,1H3,(H,23,24)(H2,19,20,21,25). The molecule has 2 aromatic heterocycles. The summed E-state index contributed by atoms with van der Waals surface area (Å²) < 4.78 is 39.8. The highest BCUT2D eigenvalue weighted by atomic mass is 19.4. The van der Waals surface area contributed by atoms with Gasteiger partial charge in [-0.25, -0.2) is 19.3 Å². The molecule has 0 aromatic carbocycles. The van der Waals surface area contributed by atoms with E-state index in [1.165, 1.54) is 18.5 Å². The van der Waals surface area contributed by atoms with Crippen LogP contribution in [0.15, 0.2) is 30.6 Å². The van der Waals surface area contributed by atoms with E-state index >= 15 is 0 Å². The van der Waals surface area contributed by atoms with Crippen LogP contribution in [0.2, 0.25) is 0 Å². The number of nitrogens with one attached hydrogen (secondary N) is 2. The molecule has 0 saturated carbocycles. The monoisotopic (exact) mass is 373 g/mol. The SMILES string of the molecule is CC(O)(CNC(=O)Nc1ccn(-c2ncccc2C(F)(F)F)n1)C(=O)O. The molecule has 140 valence electrons. The number of halogens is 3. The van der Waals surface area contributed by atoms with E-state index in [9.17, 15) is 27.9 Å². The van der Waals surface area contributed by atoms with Crippen molar-refractivity contribution in [1.29, 1.82) is 0 Å². The van der Waals surface area contributed by atoms with Crippen molar-refractivity contribution >= 4 is 17.8 Å². The molecule has 0 spiro atoms. The summed E-state index contributed by atoms with van der Waals surface area (Å²) in [4.78, 5) is 26.1. The van der Waals surface area contributed by atoms with Crippen molar-refractivity contribution in [3.8, 4) is 5.82 Å². The largest absolute Gasteiger partial charge is 0.479 e. The molecule has 2 heterocycles. The van der Waals surface area contributed by atoms with Crippen LogP contribution in [0.4, 0.5) is 23.8 Å². The maximum Gasteiger partial charge on any atom is 0.420 e. The summed E-state index contributed by atoms with van der Waals surface area (Å²) in [7, 11) is 0. The van der Waals surface area contributed by atoms with Crippen molar-refractivity contribution in [2.24, 2.45) is 0 Å². The Hall–Kier alpha value is -3.15. The lowest BCUT2D eigenvalue weighted by Gasteiger charge is -2.18. The van der Waals surface area contributed by atoms with Gasteiger partial charge in [0, 0.05) is 18.5 Å². The van der Waals surface area contributed by atoms with E-state index in [0.717, 1.165) is 23.7 Å². The lowest BCUT2D eigenvalue weighted by Crippen LogP contribution is -2.47. The van der Waals surface area contributed by atoms with Gasteiger partial charge in [0.05, 0.1) is 6.54 Å². The van der Waals surface area contributed by atoms with Crippen LogP contribution in [0.1, 0.15) is 12.5 Å². The second-order valence-electron chi connectivity index (χ2n) is 5.40. The molecule has 26 heavy (non-hydrogen) atoms. The number of anilines is 1. The fourth-order valence-corrected chi connectivity index (χ4v) is 1.80. The Kier molecular flexibility index (Phi) is 5.16. The molecule has 4 N–H and O–H groups in total. The number of amides is 2. The Balaban J connectivity index is 2.10. The Morgan fingerprint density at radius 1 is 1.31 bits per heavy atom. The molecule has 1 atom stereocenters. The summed E-state index contributed by atoms with van der Waals surface area (Å²) in [5, 5.41) is 26.3. The first-order valence-corrected chi connectivity index (χ1v) is 7.09. The number of aliphatic carboxylic acids is 1. The topological polar surface area (TPSA) is 129 Å². The van der Waals surface area contributed by atoms with Crippen molar-refractivity contribution in [1.82, 2.24) is 20.1 Å². The van der Waals surface area contributed by atoms with Crippen LogP contribution in [-0.4, -0.2) is 49.1 Å². The molecule has 0 aliphatic heterocycles. The van der Waals surface area contributed by atoms with Gasteiger partial charge in [0.1, 0.15) is 5.56 Å². The zero-order chi connectivity index (χ0) is 19.5. The number of carboxylic acid groups (broad SMARTS) is 1. The van der Waals surface area contributed by atoms with Gasteiger partial charge in [0.25, 0.3) is 0 Å². The predicted octanol–water partition coefficient (Wildman–Crippen LogP) is 1.24. The molecule has 9 nitrogen and oxygen atoms in total. The summed E-state index contributed by atoms with van der Waals surface area (Å²) in [5.74, 6) is -2.10. The van der Waals surface area contributed by atoms with Gasteiger partial charge in [0.15, 0.2) is 17.2 Å². The molecule has 2 rings (SSSR count). The van der Waals surface area contributed by atoms with Crippen LogP contribution < -0.4 is 10.6 Å².